The van der Waals surface area contributed by atoms with Gasteiger partial charge in [-0.2, -0.15) is 0 Å². The van der Waals surface area contributed by atoms with Crippen LogP contribution in [0.3, 0.4) is 0 Å². The molecule has 4 atom stereocenters. The largest absolute Gasteiger partial charge is 0.388 e. The van der Waals surface area contributed by atoms with E-state index in [1.165, 1.54) is 19.3 Å². The molecule has 1 saturated carbocycles. The van der Waals surface area contributed by atoms with Crippen molar-refractivity contribution in [2.24, 2.45) is 11.8 Å². The van der Waals surface area contributed by atoms with E-state index >= 15 is 0 Å². The van der Waals surface area contributed by atoms with E-state index in [1.807, 2.05) is 24.3 Å². The third-order valence-electron chi connectivity index (χ3n) is 4.62. The Morgan fingerprint density at radius 2 is 2.17 bits per heavy atom. The maximum atomic E-state index is 10.4. The van der Waals surface area contributed by atoms with Crippen molar-refractivity contribution >= 4 is 11.6 Å². The number of nitrogens with one attached hydrogen (secondary N) is 1. The van der Waals surface area contributed by atoms with Gasteiger partial charge in [-0.25, -0.2) is 0 Å². The fourth-order valence-electron chi connectivity index (χ4n) is 3.67. The maximum Gasteiger partial charge on any atom is 0.0819 e. The van der Waals surface area contributed by atoms with Crippen LogP contribution in [0.1, 0.15) is 37.4 Å². The topological polar surface area (TPSA) is 32.3 Å². The summed E-state index contributed by atoms with van der Waals surface area (Å²) in [6.45, 7) is 1.13. The molecule has 4 unspecified atom stereocenters. The molecule has 98 valence electrons. The lowest BCUT2D eigenvalue weighted by atomic mass is 9.89. The highest BCUT2D eigenvalue weighted by atomic mass is 35.5. The van der Waals surface area contributed by atoms with Crippen molar-refractivity contribution in [1.82, 2.24) is 5.32 Å². The van der Waals surface area contributed by atoms with Crippen molar-refractivity contribution in [3.8, 4) is 0 Å². The van der Waals surface area contributed by atoms with Gasteiger partial charge in [-0.15, -0.1) is 0 Å². The molecule has 0 spiro atoms. The van der Waals surface area contributed by atoms with Crippen molar-refractivity contribution in [3.63, 3.8) is 0 Å². The smallest absolute Gasteiger partial charge is 0.0819 e. The van der Waals surface area contributed by atoms with Gasteiger partial charge in [0.05, 0.1) is 6.10 Å². The predicted molar refractivity (Wildman–Crippen MR) is 73.7 cm³/mol. The van der Waals surface area contributed by atoms with Gasteiger partial charge in [-0.1, -0.05) is 36.2 Å². The van der Waals surface area contributed by atoms with E-state index in [0.717, 1.165) is 30.4 Å². The number of hydrogen-bond acceptors (Lipinski definition) is 2. The van der Waals surface area contributed by atoms with Gasteiger partial charge in [0, 0.05) is 11.1 Å². The Labute approximate surface area is 113 Å². The summed E-state index contributed by atoms with van der Waals surface area (Å²) in [5.41, 5.74) is 0.863. The minimum absolute atomic E-state index is 0.449. The summed E-state index contributed by atoms with van der Waals surface area (Å²) < 4.78 is 0. The molecule has 18 heavy (non-hydrogen) atoms. The van der Waals surface area contributed by atoms with Crippen LogP contribution in [0, 0.1) is 11.8 Å². The fraction of sp³-hybridized carbons (Fsp3) is 0.600. The van der Waals surface area contributed by atoms with Crippen LogP contribution < -0.4 is 5.32 Å². The number of hydrogen-bond donors (Lipinski definition) is 2. The fourth-order valence-corrected chi connectivity index (χ4v) is 3.94. The molecule has 2 aliphatic rings. The van der Waals surface area contributed by atoms with Gasteiger partial charge in [0.15, 0.2) is 0 Å². The quantitative estimate of drug-likeness (QED) is 0.880. The highest BCUT2D eigenvalue weighted by Crippen LogP contribution is 2.40. The first kappa shape index (κ1) is 12.5. The normalized spacial score (nSPS) is 32.4. The first-order valence-electron chi connectivity index (χ1n) is 6.91. The van der Waals surface area contributed by atoms with E-state index in [1.54, 1.807) is 0 Å². The van der Waals surface area contributed by atoms with E-state index in [2.05, 4.69) is 5.32 Å². The zero-order valence-electron chi connectivity index (χ0n) is 10.5. The van der Waals surface area contributed by atoms with Crippen LogP contribution >= 0.6 is 11.6 Å². The average Bonchev–Trinajstić information content (AvgIpc) is 2.94. The van der Waals surface area contributed by atoms with E-state index in [9.17, 15) is 5.11 Å². The van der Waals surface area contributed by atoms with Crippen LogP contribution in [-0.4, -0.2) is 17.7 Å². The molecule has 2 fully saturated rings. The second kappa shape index (κ2) is 5.20. The van der Waals surface area contributed by atoms with E-state index < -0.39 is 6.10 Å². The molecule has 1 aromatic carbocycles. The van der Waals surface area contributed by atoms with Gasteiger partial charge < -0.3 is 10.4 Å². The molecule has 2 N–H and O–H groups in total. The highest BCUT2D eigenvalue weighted by molar-refractivity contribution is 6.31. The molecule has 0 amide bonds. The summed E-state index contributed by atoms with van der Waals surface area (Å²) in [7, 11) is 0. The second-order valence-electron chi connectivity index (χ2n) is 5.64. The van der Waals surface area contributed by atoms with E-state index in [-0.39, 0.29) is 0 Å². The third-order valence-corrected chi connectivity index (χ3v) is 4.96. The molecular formula is C15H20ClNO. The SMILES string of the molecule is OC(CC1NCC2CCCC21)c1ccccc1Cl. The number of halogens is 1. The number of aliphatic hydroxyl groups excluding tert-OH is 1. The maximum absolute atomic E-state index is 10.4. The lowest BCUT2D eigenvalue weighted by Crippen LogP contribution is -2.28. The molecule has 2 nitrogen and oxygen atoms in total. The third kappa shape index (κ3) is 2.29. The molecule has 0 aromatic heterocycles. The zero-order valence-corrected chi connectivity index (χ0v) is 11.2. The molecule has 3 rings (SSSR count). The second-order valence-corrected chi connectivity index (χ2v) is 6.05. The molecule has 0 bridgehead atoms. The first-order valence-corrected chi connectivity index (χ1v) is 7.29. The summed E-state index contributed by atoms with van der Waals surface area (Å²) in [5, 5.41) is 14.6. The summed E-state index contributed by atoms with van der Waals surface area (Å²) in [6, 6.07) is 8.07. The number of rotatable bonds is 3. The number of aliphatic hydroxyl groups is 1. The van der Waals surface area contributed by atoms with E-state index in [0.29, 0.717) is 11.1 Å². The average molecular weight is 266 g/mol. The summed E-state index contributed by atoms with van der Waals surface area (Å²) in [4.78, 5) is 0. The Kier molecular flexibility index (Phi) is 3.60. The zero-order chi connectivity index (χ0) is 12.5. The Morgan fingerprint density at radius 3 is 3.00 bits per heavy atom. The van der Waals surface area contributed by atoms with Crippen molar-refractivity contribution in [2.75, 3.05) is 6.54 Å². The Bertz CT molecular complexity index is 423. The van der Waals surface area contributed by atoms with Crippen molar-refractivity contribution in [3.05, 3.63) is 34.9 Å². The Balaban J connectivity index is 1.68. The standard InChI is InChI=1S/C15H20ClNO/c16-13-7-2-1-5-12(13)15(18)8-14-11-6-3-4-10(11)9-17-14/h1-2,5,7,10-11,14-15,17-18H,3-4,6,8-9H2. The first-order chi connectivity index (χ1) is 8.75. The molecule has 1 saturated heterocycles. The van der Waals surface area contributed by atoms with E-state index in [4.69, 9.17) is 11.6 Å². The van der Waals surface area contributed by atoms with Crippen LogP contribution in [0.2, 0.25) is 5.02 Å². The molecule has 0 radical (unpaired) electrons. The lowest BCUT2D eigenvalue weighted by molar-refractivity contribution is 0.145. The summed E-state index contributed by atoms with van der Waals surface area (Å²) >= 11 is 6.14. The van der Waals surface area contributed by atoms with Crippen LogP contribution in [0.4, 0.5) is 0 Å². The Hall–Kier alpha value is -0.570. The molecular weight excluding hydrogens is 246 g/mol. The monoisotopic (exact) mass is 265 g/mol. The Morgan fingerprint density at radius 1 is 1.33 bits per heavy atom. The van der Waals surface area contributed by atoms with Crippen LogP contribution in [0.25, 0.3) is 0 Å². The predicted octanol–water partition coefficient (Wildman–Crippen LogP) is 3.15. The molecule has 1 heterocycles. The van der Waals surface area contributed by atoms with Gasteiger partial charge in [0.25, 0.3) is 0 Å². The van der Waals surface area contributed by atoms with Crippen molar-refractivity contribution < 1.29 is 5.11 Å². The van der Waals surface area contributed by atoms with Gasteiger partial charge in [0.2, 0.25) is 0 Å². The van der Waals surface area contributed by atoms with Crippen molar-refractivity contribution in [1.29, 1.82) is 0 Å². The molecule has 3 heteroatoms. The van der Waals surface area contributed by atoms with Gasteiger partial charge in [-0.3, -0.25) is 0 Å². The lowest BCUT2D eigenvalue weighted by Gasteiger charge is -2.22. The number of benzene rings is 1. The molecule has 1 aromatic rings. The minimum Gasteiger partial charge on any atom is -0.388 e. The summed E-state index contributed by atoms with van der Waals surface area (Å²) in [6.07, 6.45) is 4.37. The van der Waals surface area contributed by atoms with Gasteiger partial charge in [-0.05, 0) is 49.3 Å². The summed E-state index contributed by atoms with van der Waals surface area (Å²) in [5.74, 6) is 1.61. The van der Waals surface area contributed by atoms with Crippen LogP contribution in [0.5, 0.6) is 0 Å². The van der Waals surface area contributed by atoms with Gasteiger partial charge in [0.1, 0.15) is 0 Å². The molecule has 1 aliphatic heterocycles. The minimum atomic E-state index is -0.449. The molecule has 1 aliphatic carbocycles. The number of fused-ring (bicyclic) bond motifs is 1. The van der Waals surface area contributed by atoms with Crippen LogP contribution in [-0.2, 0) is 0 Å². The van der Waals surface area contributed by atoms with Crippen LogP contribution in [0.15, 0.2) is 24.3 Å². The van der Waals surface area contributed by atoms with Gasteiger partial charge >= 0.3 is 0 Å². The van der Waals surface area contributed by atoms with Crippen molar-refractivity contribution in [2.45, 2.75) is 37.8 Å². The highest BCUT2D eigenvalue weighted by Gasteiger charge is 2.39.